The molecule has 0 fully saturated rings. The maximum absolute atomic E-state index is 9.30. The fourth-order valence-corrected chi connectivity index (χ4v) is 0.141. The normalized spacial score (nSPS) is 9.00. The number of carbonyl (C=O) groups excluding carboxylic acids is 1. The maximum Gasteiger partial charge on any atom is 0.187 e. The van der Waals surface area contributed by atoms with E-state index in [1.165, 1.54) is 0 Å². The largest absolute Gasteiger partial charge is 0.292 e. The van der Waals surface area contributed by atoms with Crippen LogP contribution < -0.4 is 0 Å². The van der Waals surface area contributed by atoms with Crippen molar-refractivity contribution in [3.63, 3.8) is 0 Å². The van der Waals surface area contributed by atoms with E-state index in [-0.39, 0.29) is 0 Å². The van der Waals surface area contributed by atoms with Gasteiger partial charge >= 0.3 is 0 Å². The molecule has 0 rings (SSSR count). The van der Waals surface area contributed by atoms with Crippen molar-refractivity contribution >= 4 is 14.4 Å². The topological polar surface area (TPSA) is 29.4 Å². The zero-order valence-electron chi connectivity index (χ0n) is 2.88. The van der Waals surface area contributed by atoms with Crippen molar-refractivity contribution in [2.75, 3.05) is 7.05 Å². The van der Waals surface area contributed by atoms with Gasteiger partial charge in [0.1, 0.15) is 0 Å². The lowest BCUT2D eigenvalue weighted by Gasteiger charge is -1.52. The number of rotatable bonds is 1. The van der Waals surface area contributed by atoms with Gasteiger partial charge in [-0.2, -0.15) is 0 Å². The van der Waals surface area contributed by atoms with Crippen LogP contribution in [0.1, 0.15) is 0 Å². The van der Waals surface area contributed by atoms with Gasteiger partial charge in [0.25, 0.3) is 0 Å². The van der Waals surface area contributed by atoms with Gasteiger partial charge in [-0.1, -0.05) is 0 Å². The third kappa shape index (κ3) is 3.77. The smallest absolute Gasteiger partial charge is 0.187 e. The first-order valence-corrected chi connectivity index (χ1v) is 2.06. The first-order valence-electron chi connectivity index (χ1n) is 1.14. The van der Waals surface area contributed by atoms with E-state index in [9.17, 15) is 4.79 Å². The van der Waals surface area contributed by atoms with Crippen molar-refractivity contribution in [2.45, 2.75) is 0 Å². The molecule has 2 nitrogen and oxygen atoms in total. The van der Waals surface area contributed by atoms with Crippen LogP contribution in [0.2, 0.25) is 0 Å². The summed E-state index contributed by atoms with van der Waals surface area (Å²) in [6.07, 6.45) is 0. The fraction of sp³-hybridized carbons (Fsp3) is 0.500. The monoisotopic (exact) mass is 89.0 g/mol. The van der Waals surface area contributed by atoms with E-state index in [0.29, 0.717) is 8.37 Å². The molecule has 0 aromatic heterocycles. The van der Waals surface area contributed by atoms with E-state index in [0.717, 1.165) is 6.03 Å². The van der Waals surface area contributed by atoms with Crippen LogP contribution in [-0.4, -0.2) is 13.1 Å². The molecule has 0 amide bonds. The van der Waals surface area contributed by atoms with Crippen LogP contribution in [0.4, 0.5) is 0 Å². The Labute approximate surface area is 32.1 Å². The summed E-state index contributed by atoms with van der Waals surface area (Å²) in [6, 6.07) is 0.736. The maximum atomic E-state index is 9.30. The molecule has 0 N–H and O–H groups in total. The van der Waals surface area contributed by atoms with Crippen molar-refractivity contribution in [1.82, 2.24) is 0 Å². The van der Waals surface area contributed by atoms with Gasteiger partial charge < -0.3 is 0 Å². The Kier molecular flexibility index (Phi) is 3.60. The quantitative estimate of drug-likeness (QED) is 0.347. The lowest BCUT2D eigenvalue weighted by atomic mass is 11.6. The Hall–Kier alpha value is -0.230. The Balaban J connectivity index is 2.92. The highest BCUT2D eigenvalue weighted by molar-refractivity contribution is 7.45. The molecule has 0 aliphatic carbocycles. The second-order valence-electron chi connectivity index (χ2n) is 0.421. The average Bonchev–Trinajstić information content (AvgIpc) is 1.41. The molecule has 0 saturated heterocycles. The van der Waals surface area contributed by atoms with Gasteiger partial charge in [0, 0.05) is 7.05 Å². The molecule has 0 bridgehead atoms. The number of hydrogen-bond donors (Lipinski definition) is 0. The van der Waals surface area contributed by atoms with Gasteiger partial charge in [-0.05, 0) is 0 Å². The second kappa shape index (κ2) is 3.77. The van der Waals surface area contributed by atoms with Crippen molar-refractivity contribution in [1.29, 1.82) is 0 Å². The van der Waals surface area contributed by atoms with Crippen molar-refractivity contribution in [3.05, 3.63) is 0 Å². The molecule has 0 saturated carbocycles. The van der Waals surface area contributed by atoms with Crippen molar-refractivity contribution in [3.8, 4) is 0 Å². The molecule has 3 heteroatoms. The zero-order valence-corrected chi connectivity index (χ0v) is 3.77. The molecule has 5 heavy (non-hydrogen) atoms. The van der Waals surface area contributed by atoms with Gasteiger partial charge in [0.15, 0.2) is 6.03 Å². The van der Waals surface area contributed by atoms with Gasteiger partial charge in [-0.3, -0.25) is 9.54 Å². The average molecular weight is 89.0 g/mol. The summed E-state index contributed by atoms with van der Waals surface area (Å²) in [5.74, 6) is 0. The molecule has 0 aliphatic heterocycles. The van der Waals surface area contributed by atoms with Crippen LogP contribution in [-0.2, 0) is 4.79 Å². The fourth-order valence-electron chi connectivity index (χ4n) is 0.0471. The summed E-state index contributed by atoms with van der Waals surface area (Å²) in [7, 11) is 2.12. The lowest BCUT2D eigenvalue weighted by Crippen LogP contribution is -1.36. The summed E-state index contributed by atoms with van der Waals surface area (Å²) in [5.41, 5.74) is 0. The molecule has 0 radical (unpaired) electrons. The van der Waals surface area contributed by atoms with E-state index >= 15 is 0 Å². The first kappa shape index (κ1) is 4.77. The van der Waals surface area contributed by atoms with E-state index in [4.69, 9.17) is 0 Å². The van der Waals surface area contributed by atoms with Gasteiger partial charge in [0.2, 0.25) is 0 Å². The lowest BCUT2D eigenvalue weighted by molar-refractivity contribution is 0.569. The second-order valence-corrected chi connectivity index (χ2v) is 1.26. The molecule has 0 aliphatic rings. The van der Waals surface area contributed by atoms with Gasteiger partial charge in [-0.15, -0.1) is 0 Å². The SMILES string of the molecule is CN=PC=O. The summed E-state index contributed by atoms with van der Waals surface area (Å²) < 4.78 is 3.46. The molecule has 28 valence electrons. The minimum absolute atomic E-state index is 0.525. The van der Waals surface area contributed by atoms with Crippen molar-refractivity contribution < 1.29 is 4.79 Å². The third-order valence-corrected chi connectivity index (χ3v) is 0.488. The predicted octanol–water partition coefficient (Wildman–Crippen LogP) is 0.936. The molecule has 0 aromatic rings. The first-order chi connectivity index (χ1) is 2.41. The summed E-state index contributed by atoms with van der Waals surface area (Å²) in [6.45, 7) is 0. The van der Waals surface area contributed by atoms with Crippen LogP contribution in [0.3, 0.4) is 0 Å². The molecule has 0 unspecified atom stereocenters. The van der Waals surface area contributed by atoms with E-state index in [2.05, 4.69) is 4.74 Å². The minimum atomic E-state index is 0.525. The zero-order chi connectivity index (χ0) is 4.12. The summed E-state index contributed by atoms with van der Waals surface area (Å²) in [5, 5.41) is 0. The van der Waals surface area contributed by atoms with Gasteiger partial charge in [0.05, 0.1) is 8.37 Å². The molecular weight excluding hydrogens is 85.0 g/mol. The summed E-state index contributed by atoms with van der Waals surface area (Å²) in [4.78, 5) is 9.30. The van der Waals surface area contributed by atoms with Crippen LogP contribution in [0, 0.1) is 0 Å². The third-order valence-electron chi connectivity index (χ3n) is 0.163. The van der Waals surface area contributed by atoms with Crippen LogP contribution in [0.25, 0.3) is 0 Å². The highest BCUT2D eigenvalue weighted by Crippen LogP contribution is 1.83. The van der Waals surface area contributed by atoms with Crippen LogP contribution in [0.5, 0.6) is 0 Å². The van der Waals surface area contributed by atoms with Crippen LogP contribution in [0.15, 0.2) is 4.74 Å². The molecule has 0 spiro atoms. The highest BCUT2D eigenvalue weighted by Gasteiger charge is 1.50. The van der Waals surface area contributed by atoms with Crippen LogP contribution >= 0.6 is 8.37 Å². The Bertz CT molecular complexity index is 51.6. The predicted molar refractivity (Wildman–Crippen MR) is 22.0 cm³/mol. The molecule has 0 atom stereocenters. The Morgan fingerprint density at radius 1 is 2.00 bits per heavy atom. The Morgan fingerprint density at radius 3 is 2.60 bits per heavy atom. The standard InChI is InChI=1S/C2H4NOP/c1-3-5-2-4/h2H,1H3. The van der Waals surface area contributed by atoms with Crippen molar-refractivity contribution in [2.24, 2.45) is 4.74 Å². The summed E-state index contributed by atoms with van der Waals surface area (Å²) >= 11 is 0. The minimum Gasteiger partial charge on any atom is -0.292 e. The molecule has 0 aromatic carbocycles. The molecule has 0 heterocycles. The van der Waals surface area contributed by atoms with E-state index in [1.807, 2.05) is 0 Å². The highest BCUT2D eigenvalue weighted by atomic mass is 31.1. The number of carbonyl (C=O) groups is 1. The van der Waals surface area contributed by atoms with E-state index in [1.54, 1.807) is 7.05 Å². The molecular formula is C2H4NOP. The van der Waals surface area contributed by atoms with E-state index < -0.39 is 0 Å². The number of hydrogen-bond acceptors (Lipinski definition) is 2. The number of nitrogens with zero attached hydrogens (tertiary/aromatic N) is 1. The Morgan fingerprint density at radius 2 is 2.60 bits per heavy atom. The van der Waals surface area contributed by atoms with Gasteiger partial charge in [-0.25, -0.2) is 0 Å².